The molecule has 1 heterocycles. The number of benzene rings is 1. The first-order chi connectivity index (χ1) is 20.6. The summed E-state index contributed by atoms with van der Waals surface area (Å²) >= 11 is 0. The molecule has 3 aliphatic rings. The number of nitrogens with zero attached hydrogens (tertiary/aromatic N) is 3. The largest absolute Gasteiger partial charge is 0.508 e. The molecule has 4 atom stereocenters. The predicted octanol–water partition coefficient (Wildman–Crippen LogP) is 1.46. The zero-order valence-corrected chi connectivity index (χ0v) is 23.6. The number of nitrogens with two attached hydrogens (primary N) is 1. The summed E-state index contributed by atoms with van der Waals surface area (Å²) < 4.78 is 38.1. The number of aromatic nitrogens is 2. The van der Waals surface area contributed by atoms with Gasteiger partial charge >= 0.3 is 6.18 Å². The number of rotatable bonds is 7. The lowest BCUT2D eigenvalue weighted by Gasteiger charge is -2.50. The number of fused-ring (bicyclic) bond motifs is 3. The lowest BCUT2D eigenvalue weighted by atomic mass is 9.57. The fourth-order valence-corrected chi connectivity index (χ4v) is 6.59. The van der Waals surface area contributed by atoms with Crippen molar-refractivity contribution in [2.45, 2.75) is 43.6 Å². The zero-order valence-electron chi connectivity index (χ0n) is 23.6. The summed E-state index contributed by atoms with van der Waals surface area (Å²) in [6, 6.07) is 1.82. The number of hydrogen-bond acceptors (Lipinski definition) is 11. The van der Waals surface area contributed by atoms with Crippen LogP contribution in [0.2, 0.25) is 0 Å². The molecule has 2 aromatic rings. The molecule has 1 aromatic carbocycles. The van der Waals surface area contributed by atoms with Crippen molar-refractivity contribution >= 4 is 23.2 Å². The molecule has 1 saturated carbocycles. The summed E-state index contributed by atoms with van der Waals surface area (Å²) in [5, 5.41) is 48.2. The first-order valence-corrected chi connectivity index (χ1v) is 13.7. The molecule has 0 bridgehead atoms. The number of hydrogen-bond donors (Lipinski definition) is 6. The maximum atomic E-state index is 14.1. The third-order valence-corrected chi connectivity index (χ3v) is 8.51. The molecule has 0 spiro atoms. The summed E-state index contributed by atoms with van der Waals surface area (Å²) in [5.41, 5.74) is 1.81. The van der Waals surface area contributed by atoms with E-state index in [0.717, 1.165) is 0 Å². The number of aromatic hydroxyl groups is 1. The standard InChI is InChI=1S/C29H30F3N5O7/c1-37(2)20-16-10-12-8-14-15(27-35-5-3-6-36-27)9-13(11-34-7-4-28(30,31)32)21(38)18(14)22(39)17(12)24(41)29(16,44)25(42)19(23(20)40)26(33)43/h3,5-6,9,12,16,20,34,38-39,42,44H,4,7-8,10-11H2,1-2H3,(H2,33,43)/t12-,16-,20-,29-/m0/s1. The van der Waals surface area contributed by atoms with Crippen LogP contribution in [0.15, 0.2) is 41.4 Å². The van der Waals surface area contributed by atoms with Crippen LogP contribution < -0.4 is 11.1 Å². The van der Waals surface area contributed by atoms with Gasteiger partial charge in [-0.3, -0.25) is 19.3 Å². The maximum absolute atomic E-state index is 14.1. The van der Waals surface area contributed by atoms with Gasteiger partial charge in [0, 0.05) is 48.1 Å². The topological polar surface area (TPSA) is 199 Å². The van der Waals surface area contributed by atoms with Gasteiger partial charge in [0.25, 0.3) is 5.91 Å². The number of carbonyl (C=O) groups excluding carboxylic acids is 3. The number of primary amides is 1. The summed E-state index contributed by atoms with van der Waals surface area (Å²) in [4.78, 5) is 49.4. The number of likely N-dealkylation sites (N-methyl/N-ethyl adjacent to an activating group) is 1. The molecule has 0 aliphatic heterocycles. The second-order valence-electron chi connectivity index (χ2n) is 11.4. The van der Waals surface area contributed by atoms with Crippen molar-refractivity contribution in [3.8, 4) is 17.1 Å². The third-order valence-electron chi connectivity index (χ3n) is 8.51. The number of ketones is 2. The van der Waals surface area contributed by atoms with Crippen LogP contribution in [-0.4, -0.2) is 91.2 Å². The van der Waals surface area contributed by atoms with Gasteiger partial charge in [0.2, 0.25) is 5.78 Å². The van der Waals surface area contributed by atoms with Crippen molar-refractivity contribution in [1.29, 1.82) is 0 Å². The number of amides is 1. The van der Waals surface area contributed by atoms with E-state index in [0.29, 0.717) is 11.1 Å². The van der Waals surface area contributed by atoms with Gasteiger partial charge in [-0.15, -0.1) is 0 Å². The van der Waals surface area contributed by atoms with E-state index in [9.17, 15) is 48.0 Å². The van der Waals surface area contributed by atoms with Crippen LogP contribution in [0, 0.1) is 11.8 Å². The fraction of sp³-hybridized carbons (Fsp3) is 0.414. The Labute approximate surface area is 248 Å². The highest BCUT2D eigenvalue weighted by Gasteiger charge is 2.64. The first-order valence-electron chi connectivity index (χ1n) is 13.7. The highest BCUT2D eigenvalue weighted by atomic mass is 19.4. The van der Waals surface area contributed by atoms with E-state index in [1.165, 1.54) is 37.5 Å². The minimum atomic E-state index is -4.41. The molecule has 0 unspecified atom stereocenters. The molecular weight excluding hydrogens is 587 g/mol. The summed E-state index contributed by atoms with van der Waals surface area (Å²) in [7, 11) is 3.00. The maximum Gasteiger partial charge on any atom is 0.390 e. The number of Topliss-reactive ketones (excluding diaryl/α,β-unsaturated/α-hetero) is 2. The van der Waals surface area contributed by atoms with Crippen molar-refractivity contribution in [3.63, 3.8) is 0 Å². The normalized spacial score (nSPS) is 25.2. The number of alkyl halides is 3. The molecule has 1 fully saturated rings. The van der Waals surface area contributed by atoms with E-state index in [2.05, 4.69) is 15.3 Å². The number of nitrogens with one attached hydrogen (secondary N) is 1. The number of carbonyl (C=O) groups is 3. The molecule has 12 nitrogen and oxygen atoms in total. The van der Waals surface area contributed by atoms with Gasteiger partial charge in [-0.25, -0.2) is 9.97 Å². The minimum absolute atomic E-state index is 0.00251. The zero-order chi connectivity index (χ0) is 32.3. The van der Waals surface area contributed by atoms with E-state index in [1.54, 1.807) is 6.07 Å². The molecule has 0 saturated heterocycles. The highest BCUT2D eigenvalue weighted by molar-refractivity contribution is 6.24. The first kappa shape index (κ1) is 31.1. The molecule has 7 N–H and O–H groups in total. The van der Waals surface area contributed by atoms with Crippen LogP contribution in [0.1, 0.15) is 29.5 Å². The molecule has 1 amide bonds. The van der Waals surface area contributed by atoms with E-state index in [4.69, 9.17) is 5.73 Å². The Kier molecular flexibility index (Phi) is 7.76. The Balaban J connectivity index is 1.68. The van der Waals surface area contributed by atoms with Gasteiger partial charge in [-0.2, -0.15) is 13.2 Å². The molecule has 1 aromatic heterocycles. The second kappa shape index (κ2) is 11.0. The number of phenolic OH excluding ortho intramolecular Hbond substituents is 1. The quantitative estimate of drug-likeness (QED) is 0.194. The van der Waals surface area contributed by atoms with Gasteiger partial charge in [0.15, 0.2) is 17.2 Å². The Morgan fingerprint density at radius 1 is 1.18 bits per heavy atom. The average Bonchev–Trinajstić information content (AvgIpc) is 2.93. The summed E-state index contributed by atoms with van der Waals surface area (Å²) in [6.45, 7) is -0.710. The number of aliphatic hydroxyl groups excluding tert-OH is 2. The minimum Gasteiger partial charge on any atom is -0.508 e. The van der Waals surface area contributed by atoms with Crippen LogP contribution in [-0.2, 0) is 27.3 Å². The lowest BCUT2D eigenvalue weighted by molar-refractivity contribution is -0.153. The fourth-order valence-electron chi connectivity index (χ4n) is 6.59. The number of phenols is 1. The molecule has 15 heteroatoms. The molecule has 0 radical (unpaired) electrons. The van der Waals surface area contributed by atoms with Crippen molar-refractivity contribution in [1.82, 2.24) is 20.2 Å². The molecule has 234 valence electrons. The Bertz CT molecular complexity index is 1620. The second-order valence-corrected chi connectivity index (χ2v) is 11.4. The van der Waals surface area contributed by atoms with E-state index >= 15 is 0 Å². The highest BCUT2D eigenvalue weighted by Crippen LogP contribution is 2.54. The van der Waals surface area contributed by atoms with Crippen LogP contribution in [0.3, 0.4) is 0 Å². The lowest BCUT2D eigenvalue weighted by Crippen LogP contribution is -2.65. The van der Waals surface area contributed by atoms with Crippen molar-refractivity contribution in [2.75, 3.05) is 20.6 Å². The van der Waals surface area contributed by atoms with Crippen LogP contribution in [0.4, 0.5) is 13.2 Å². The smallest absolute Gasteiger partial charge is 0.390 e. The van der Waals surface area contributed by atoms with E-state index in [1.807, 2.05) is 0 Å². The van der Waals surface area contributed by atoms with Crippen molar-refractivity contribution in [2.24, 2.45) is 17.6 Å². The Hall–Kier alpha value is -4.34. The summed E-state index contributed by atoms with van der Waals surface area (Å²) in [5.74, 6) is -7.74. The number of halogens is 3. The molecular formula is C29H30F3N5O7. The van der Waals surface area contributed by atoms with Gasteiger partial charge in [0.1, 0.15) is 22.8 Å². The van der Waals surface area contributed by atoms with Gasteiger partial charge in [-0.05, 0) is 50.6 Å². The average molecular weight is 618 g/mol. The summed E-state index contributed by atoms with van der Waals surface area (Å²) in [6.07, 6.45) is -2.73. The SMILES string of the molecule is CN(C)[C@@H]1C(=O)C(C(N)=O)=C(O)[C@@]2(O)C(=O)C3=C(O)c4c(O)c(CNCCC(F)(F)F)cc(-c5ncccn5)c4C[C@H]3C[C@@H]12. The van der Waals surface area contributed by atoms with E-state index in [-0.39, 0.29) is 41.9 Å². The molecule has 44 heavy (non-hydrogen) atoms. The number of aliphatic hydroxyl groups is 3. The van der Waals surface area contributed by atoms with Gasteiger partial charge in [-0.1, -0.05) is 0 Å². The molecule has 5 rings (SSSR count). The predicted molar refractivity (Wildman–Crippen MR) is 148 cm³/mol. The van der Waals surface area contributed by atoms with Crippen molar-refractivity contribution < 1.29 is 48.0 Å². The van der Waals surface area contributed by atoms with Crippen LogP contribution in [0.5, 0.6) is 5.75 Å². The Morgan fingerprint density at radius 3 is 2.43 bits per heavy atom. The Morgan fingerprint density at radius 2 is 1.84 bits per heavy atom. The van der Waals surface area contributed by atoms with Gasteiger partial charge < -0.3 is 31.5 Å². The monoisotopic (exact) mass is 617 g/mol. The van der Waals surface area contributed by atoms with E-state index < -0.39 is 82.9 Å². The van der Waals surface area contributed by atoms with Crippen LogP contribution in [0.25, 0.3) is 17.1 Å². The third kappa shape index (κ3) is 4.90. The van der Waals surface area contributed by atoms with Gasteiger partial charge in [0.05, 0.1) is 18.0 Å². The van der Waals surface area contributed by atoms with Crippen molar-refractivity contribution in [3.05, 3.63) is 58.1 Å². The molecule has 3 aliphatic carbocycles. The van der Waals surface area contributed by atoms with Crippen LogP contribution >= 0.6 is 0 Å².